The molecule has 0 aliphatic carbocycles. The van der Waals surface area contributed by atoms with Gasteiger partial charge < -0.3 is 39.6 Å². The Balaban J connectivity index is 0.000000159. The summed E-state index contributed by atoms with van der Waals surface area (Å²) in [4.78, 5) is 30.8. The average molecular weight is 2440 g/mol. The zero-order valence-electron chi connectivity index (χ0n) is 65.6. The number of halogens is 1. The molecule has 13 aromatic carbocycles. The first-order valence-corrected chi connectivity index (χ1v) is 37.7. The van der Waals surface area contributed by atoms with Crippen molar-refractivity contribution in [1.29, 1.82) is 0 Å². The number of hydrogen-bond donors (Lipinski definition) is 0. The van der Waals surface area contributed by atoms with Crippen LogP contribution in [0, 0.1) is 48.3 Å². The third-order valence-corrected chi connectivity index (χ3v) is 18.8. The molecule has 0 fully saturated rings. The molecule has 5 radical (unpaired) electrons. The molecule has 0 bridgehead atoms. The first-order valence-electron chi connectivity index (χ1n) is 37.7. The number of benzene rings is 13. The number of ether oxygens (including phenoxy) is 1. The molecule has 20 rings (SSSR count). The van der Waals surface area contributed by atoms with Gasteiger partial charge >= 0.3 is 0 Å². The van der Waals surface area contributed by atoms with Gasteiger partial charge in [0.05, 0.1) is 7.11 Å². The van der Waals surface area contributed by atoms with Crippen molar-refractivity contribution < 1.29 is 110 Å². The molecule has 0 amide bonds. The molecule has 14 heteroatoms. The molecule has 120 heavy (non-hydrogen) atoms. The summed E-state index contributed by atoms with van der Waals surface area (Å²) in [6, 6.07) is 138. The molecule has 7 heterocycles. The van der Waals surface area contributed by atoms with Crippen LogP contribution in [0.2, 0.25) is 0 Å². The zero-order chi connectivity index (χ0) is 78.8. The maximum absolute atomic E-state index is 13.6. The standard InChI is InChI=1S/C19H12N.C19H18N.C16H12NO.C15H9FN.C15H10N.2C11H8N.5Ir/c1-2-7-16-13-17(10-9-14(16)5-1)19-18-8-4-3-6-15(18)11-12-20-19;1-19(2,3)16-9-6-8-15(13-16)18-17-10-5-4-7-14(17)11-12-20-18;1-18-14-7-4-6-13(11-14)16-15-8-3-2-5-12(15)9-10-17-16;16-14-8-4-7-13-12(14)9-10-17-15(13)11-5-2-1-3-6-11;1-2-7-13(8-3-1)15-14-9-5-4-6-12(14)10-11-16-15;2*1-2-6-10(7-3-1)11-8-4-5-9-12-11;;;;;/h1-9,11-13H;4-7,9-13H,1-3H3;2-5,7-11H,1H3;1-5,7-10H;1-7,9-11H;2*1-6,8-9H;;;;;/q7*-1;;;;;. The van der Waals surface area contributed by atoms with E-state index < -0.39 is 0 Å². The van der Waals surface area contributed by atoms with Crippen LogP contribution in [-0.4, -0.2) is 42.0 Å². The fraction of sp³-hybridized carbons (Fsp3) is 0.0472. The van der Waals surface area contributed by atoms with Crippen LogP contribution >= 0.6 is 0 Å². The second kappa shape index (κ2) is 46.7. The van der Waals surface area contributed by atoms with E-state index in [2.05, 4.69) is 207 Å². The normalized spacial score (nSPS) is 10.2. The van der Waals surface area contributed by atoms with Crippen LogP contribution in [0.5, 0.6) is 5.75 Å². The van der Waals surface area contributed by atoms with Gasteiger partial charge in [-0.25, -0.2) is 4.39 Å². The maximum atomic E-state index is 13.6. The number of rotatable bonds is 8. The Morgan fingerprint density at radius 2 is 0.592 bits per heavy atom. The van der Waals surface area contributed by atoms with E-state index in [9.17, 15) is 4.39 Å². The summed E-state index contributed by atoms with van der Waals surface area (Å²) in [6.45, 7) is 6.67. The smallest absolute Gasteiger partial charge is 0.130 e. The number of aromatic nitrogens is 7. The van der Waals surface area contributed by atoms with E-state index >= 15 is 0 Å². The van der Waals surface area contributed by atoms with Crippen molar-refractivity contribution >= 4 is 64.6 Å². The van der Waals surface area contributed by atoms with Gasteiger partial charge in [0.25, 0.3) is 0 Å². The van der Waals surface area contributed by atoms with E-state index in [0.29, 0.717) is 5.39 Å². The van der Waals surface area contributed by atoms with Gasteiger partial charge in [0.15, 0.2) is 0 Å². The van der Waals surface area contributed by atoms with Gasteiger partial charge in [-0.2, -0.15) is 0 Å². The van der Waals surface area contributed by atoms with Gasteiger partial charge in [-0.1, -0.05) is 184 Å². The molecular weight excluding hydrogens is 2370 g/mol. The number of pyridine rings is 7. The SMILES string of the molecule is CC(C)(C)c1cc[c-]c(-c2nccc3ccccc23)c1.COc1cc[c-]c(-c2nccc3ccccc23)c1.Fc1cccc2c(-c3[c-]cccc3)nccc12.[Ir].[Ir].[Ir].[Ir].[Ir].[c-]1cc2ccccc2cc1-c1nccc2ccccc12.[c-]1ccccc1-c1ccccn1.[c-]1ccccc1-c1ccccn1.[c-]1ccccc1-c1nccc2ccccc12. The van der Waals surface area contributed by atoms with Crippen LogP contribution in [0.15, 0.2) is 395 Å². The van der Waals surface area contributed by atoms with E-state index in [1.807, 2.05) is 249 Å². The third-order valence-electron chi connectivity index (χ3n) is 18.8. The summed E-state index contributed by atoms with van der Waals surface area (Å²) in [7, 11) is 1.66. The molecular formula is C106H77FIr5N7O-7. The van der Waals surface area contributed by atoms with Crippen molar-refractivity contribution in [2.75, 3.05) is 7.11 Å². The Bertz CT molecular complexity index is 6370. The average Bonchev–Trinajstić information content (AvgIpc) is 0.807. The van der Waals surface area contributed by atoms with Gasteiger partial charge in [0.1, 0.15) is 5.82 Å². The first kappa shape index (κ1) is 92.3. The first-order chi connectivity index (χ1) is 56.6. The van der Waals surface area contributed by atoms with E-state index in [-0.39, 0.29) is 112 Å². The van der Waals surface area contributed by atoms with E-state index in [1.54, 1.807) is 37.8 Å². The zero-order valence-corrected chi connectivity index (χ0v) is 77.6. The Morgan fingerprint density at radius 1 is 0.250 bits per heavy atom. The van der Waals surface area contributed by atoms with Crippen molar-refractivity contribution in [3.05, 3.63) is 449 Å². The fourth-order valence-corrected chi connectivity index (χ4v) is 13.0. The van der Waals surface area contributed by atoms with Crippen molar-refractivity contribution in [3.63, 3.8) is 0 Å². The second-order valence-corrected chi connectivity index (χ2v) is 27.4. The molecule has 20 aromatic rings. The largest absolute Gasteiger partial charge is 0.516 e. The van der Waals surface area contributed by atoms with Gasteiger partial charge in [-0.05, 0) is 142 Å². The number of fused-ring (bicyclic) bond motifs is 6. The minimum absolute atomic E-state index is 0. The summed E-state index contributed by atoms with van der Waals surface area (Å²) in [6.07, 6.45) is 12.6. The predicted molar refractivity (Wildman–Crippen MR) is 470 cm³/mol. The van der Waals surface area contributed by atoms with E-state index in [0.717, 1.165) is 95.3 Å². The molecule has 8 nitrogen and oxygen atoms in total. The molecule has 0 saturated carbocycles. The summed E-state index contributed by atoms with van der Waals surface area (Å²) in [5.74, 6) is 0.598. The minimum atomic E-state index is -0.220. The van der Waals surface area contributed by atoms with Crippen LogP contribution in [0.3, 0.4) is 0 Å². The van der Waals surface area contributed by atoms with Gasteiger partial charge in [0.2, 0.25) is 0 Å². The molecule has 601 valence electrons. The summed E-state index contributed by atoms with van der Waals surface area (Å²) >= 11 is 0. The molecule has 0 unspecified atom stereocenters. The van der Waals surface area contributed by atoms with Gasteiger partial charge in [-0.15, -0.1) is 238 Å². The van der Waals surface area contributed by atoms with Crippen LogP contribution in [0.1, 0.15) is 26.3 Å². The van der Waals surface area contributed by atoms with Crippen molar-refractivity contribution in [2.45, 2.75) is 26.2 Å². The molecule has 0 N–H and O–H groups in total. The Morgan fingerprint density at radius 3 is 1.00 bits per heavy atom. The number of methoxy groups -OCH3 is 1. The molecule has 0 atom stereocenters. The molecule has 0 spiro atoms. The van der Waals surface area contributed by atoms with E-state index in [4.69, 9.17) is 4.74 Å². The van der Waals surface area contributed by atoms with Crippen LogP contribution in [-0.2, 0) is 106 Å². The molecule has 0 aliphatic heterocycles. The van der Waals surface area contributed by atoms with E-state index in [1.165, 1.54) is 60.1 Å². The number of hydrogen-bond acceptors (Lipinski definition) is 8. The molecule has 0 aliphatic rings. The predicted octanol–water partition coefficient (Wildman–Crippen LogP) is 26.2. The topological polar surface area (TPSA) is 99.5 Å². The second-order valence-electron chi connectivity index (χ2n) is 27.4. The summed E-state index contributed by atoms with van der Waals surface area (Å²) in [5, 5.41) is 13.3. The Kier molecular flexibility index (Phi) is 35.9. The van der Waals surface area contributed by atoms with Crippen LogP contribution < -0.4 is 4.74 Å². The monoisotopic (exact) mass is 2450 g/mol. The summed E-state index contributed by atoms with van der Waals surface area (Å²) in [5.41, 5.74) is 15.1. The molecule has 7 aromatic heterocycles. The van der Waals surface area contributed by atoms with Gasteiger partial charge in [-0.3, -0.25) is 0 Å². The molecule has 0 saturated heterocycles. The minimum Gasteiger partial charge on any atom is -0.516 e. The van der Waals surface area contributed by atoms with Crippen LogP contribution in [0.25, 0.3) is 143 Å². The van der Waals surface area contributed by atoms with Crippen molar-refractivity contribution in [1.82, 2.24) is 34.9 Å². The number of nitrogens with zero attached hydrogens (tertiary/aromatic N) is 7. The Hall–Kier alpha value is -11.6. The third kappa shape index (κ3) is 24.4. The van der Waals surface area contributed by atoms with Crippen LogP contribution in [0.4, 0.5) is 4.39 Å². The maximum Gasteiger partial charge on any atom is 0.130 e. The quantitative estimate of drug-likeness (QED) is 0.139. The van der Waals surface area contributed by atoms with Gasteiger partial charge in [0, 0.05) is 155 Å². The fourth-order valence-electron chi connectivity index (χ4n) is 13.0. The summed E-state index contributed by atoms with van der Waals surface area (Å²) < 4.78 is 18.9. The Labute approximate surface area is 768 Å². The van der Waals surface area contributed by atoms with Crippen molar-refractivity contribution in [3.8, 4) is 84.6 Å². The van der Waals surface area contributed by atoms with Crippen molar-refractivity contribution in [2.24, 2.45) is 0 Å².